The number of hydrogen-bond acceptors (Lipinski definition) is 3. The van der Waals surface area contributed by atoms with E-state index in [4.69, 9.17) is 16.7 Å². The molecule has 2 rings (SSSR count). The van der Waals surface area contributed by atoms with Crippen molar-refractivity contribution in [2.75, 3.05) is 25.6 Å². The molecule has 0 radical (unpaired) electrons. The smallest absolute Gasteiger partial charge is 0.143 e. The van der Waals surface area contributed by atoms with Gasteiger partial charge in [-0.05, 0) is 18.2 Å². The summed E-state index contributed by atoms with van der Waals surface area (Å²) in [6.45, 7) is -0.0635. The molecule has 1 aromatic heterocycles. The summed E-state index contributed by atoms with van der Waals surface area (Å²) < 4.78 is 13.5. The maximum Gasteiger partial charge on any atom is 0.143 e. The van der Waals surface area contributed by atoms with Gasteiger partial charge >= 0.3 is 0 Å². The van der Waals surface area contributed by atoms with Gasteiger partial charge in [0.1, 0.15) is 5.82 Å². The second-order valence-electron chi connectivity index (χ2n) is 4.33. The Morgan fingerprint density at radius 2 is 2.11 bits per heavy atom. The van der Waals surface area contributed by atoms with Crippen LogP contribution in [0, 0.1) is 5.82 Å². The topological polar surface area (TPSA) is 36.4 Å². The zero-order valence-corrected chi connectivity index (χ0v) is 11.4. The predicted molar refractivity (Wildman–Crippen MR) is 77.2 cm³/mol. The minimum Gasteiger partial charge on any atom is -0.392 e. The molecule has 0 spiro atoms. The Bertz CT molecular complexity index is 641. The largest absolute Gasteiger partial charge is 0.392 e. The average Bonchev–Trinajstić information content (AvgIpc) is 2.37. The number of halogens is 2. The fourth-order valence-electron chi connectivity index (χ4n) is 1.85. The van der Waals surface area contributed by atoms with E-state index in [1.165, 1.54) is 6.07 Å². The van der Waals surface area contributed by atoms with E-state index < -0.39 is 5.82 Å². The molecule has 0 aliphatic heterocycles. The highest BCUT2D eigenvalue weighted by atomic mass is 35.5. The summed E-state index contributed by atoms with van der Waals surface area (Å²) in [6, 6.07) is 4.76. The molecule has 100 valence electrons. The van der Waals surface area contributed by atoms with Crippen LogP contribution in [-0.4, -0.2) is 30.8 Å². The third-order valence-corrected chi connectivity index (χ3v) is 3.01. The van der Waals surface area contributed by atoms with Crippen molar-refractivity contribution in [3.63, 3.8) is 0 Å². The van der Waals surface area contributed by atoms with Gasteiger partial charge in [-0.15, -0.1) is 0 Å². The van der Waals surface area contributed by atoms with Crippen LogP contribution in [-0.2, 0) is 0 Å². The van der Waals surface area contributed by atoms with Gasteiger partial charge < -0.3 is 10.0 Å². The number of nitrogens with zero attached hydrogens (tertiary/aromatic N) is 2. The molecule has 19 heavy (non-hydrogen) atoms. The maximum atomic E-state index is 13.5. The van der Waals surface area contributed by atoms with Gasteiger partial charge in [0.05, 0.1) is 22.8 Å². The molecule has 1 N–H and O–H groups in total. The van der Waals surface area contributed by atoms with Crippen molar-refractivity contribution in [2.24, 2.45) is 0 Å². The molecule has 0 saturated carbocycles. The van der Waals surface area contributed by atoms with Gasteiger partial charge in [-0.2, -0.15) is 0 Å². The fourth-order valence-corrected chi connectivity index (χ4v) is 2.02. The average molecular weight is 281 g/mol. The molecule has 5 heteroatoms. The number of pyridine rings is 1. The van der Waals surface area contributed by atoms with Gasteiger partial charge in [0.15, 0.2) is 0 Å². The van der Waals surface area contributed by atoms with Crippen LogP contribution in [0.25, 0.3) is 17.0 Å². The van der Waals surface area contributed by atoms with Gasteiger partial charge in [-0.25, -0.2) is 9.37 Å². The van der Waals surface area contributed by atoms with Gasteiger partial charge in [-0.1, -0.05) is 17.7 Å². The predicted octanol–water partition coefficient (Wildman–Crippen LogP) is 3.10. The van der Waals surface area contributed by atoms with E-state index in [2.05, 4.69) is 4.98 Å². The summed E-state index contributed by atoms with van der Waals surface area (Å²) in [4.78, 5) is 6.25. The Morgan fingerprint density at radius 3 is 2.74 bits per heavy atom. The zero-order valence-electron chi connectivity index (χ0n) is 10.7. The van der Waals surface area contributed by atoms with Crippen LogP contribution >= 0.6 is 11.6 Å². The minimum absolute atomic E-state index is 0.0635. The van der Waals surface area contributed by atoms with E-state index in [1.54, 1.807) is 18.2 Å². The first-order chi connectivity index (χ1) is 9.02. The van der Waals surface area contributed by atoms with Crippen molar-refractivity contribution < 1.29 is 9.50 Å². The number of aliphatic hydroxyl groups excluding tert-OH is 1. The molecule has 0 amide bonds. The SMILES string of the molecule is CN(C)c1cc(/C=C/CO)nc2cc(F)c(Cl)cc12. The Labute approximate surface area is 115 Å². The van der Waals surface area contributed by atoms with Crippen LogP contribution in [0.3, 0.4) is 0 Å². The number of aromatic nitrogens is 1. The Hall–Kier alpha value is -1.65. The van der Waals surface area contributed by atoms with Crippen molar-refractivity contribution in [3.05, 3.63) is 40.8 Å². The first kappa shape index (κ1) is 13.8. The Balaban J connectivity index is 2.72. The summed E-state index contributed by atoms with van der Waals surface area (Å²) in [5, 5.41) is 9.67. The lowest BCUT2D eigenvalue weighted by molar-refractivity contribution is 0.343. The second-order valence-corrected chi connectivity index (χ2v) is 4.74. The van der Waals surface area contributed by atoms with E-state index in [-0.39, 0.29) is 11.6 Å². The number of fused-ring (bicyclic) bond motifs is 1. The molecule has 0 aliphatic carbocycles. The highest BCUT2D eigenvalue weighted by Crippen LogP contribution is 2.30. The second kappa shape index (κ2) is 5.55. The lowest BCUT2D eigenvalue weighted by atomic mass is 10.1. The molecule has 0 fully saturated rings. The molecule has 2 aromatic rings. The van der Waals surface area contributed by atoms with Gasteiger partial charge in [0.2, 0.25) is 0 Å². The van der Waals surface area contributed by atoms with Crippen molar-refractivity contribution in [1.29, 1.82) is 0 Å². The molecule has 0 unspecified atom stereocenters. The normalized spacial score (nSPS) is 11.4. The highest BCUT2D eigenvalue weighted by molar-refractivity contribution is 6.31. The van der Waals surface area contributed by atoms with Crippen molar-refractivity contribution in [1.82, 2.24) is 4.98 Å². The number of anilines is 1. The lowest BCUT2D eigenvalue weighted by Gasteiger charge is -2.16. The summed E-state index contributed by atoms with van der Waals surface area (Å²) in [6.07, 6.45) is 3.28. The van der Waals surface area contributed by atoms with Gasteiger partial charge in [-0.3, -0.25) is 0 Å². The van der Waals surface area contributed by atoms with Crippen molar-refractivity contribution in [2.45, 2.75) is 0 Å². The van der Waals surface area contributed by atoms with E-state index in [0.717, 1.165) is 11.1 Å². The number of hydrogen-bond donors (Lipinski definition) is 1. The van der Waals surface area contributed by atoms with Gasteiger partial charge in [0.25, 0.3) is 0 Å². The molecular weight excluding hydrogens is 267 g/mol. The number of benzene rings is 1. The molecular formula is C14H14ClFN2O. The van der Waals surface area contributed by atoms with E-state index in [1.807, 2.05) is 25.1 Å². The molecule has 3 nitrogen and oxygen atoms in total. The molecule has 0 atom stereocenters. The van der Waals surface area contributed by atoms with E-state index >= 15 is 0 Å². The van der Waals surface area contributed by atoms with Crippen LogP contribution < -0.4 is 4.90 Å². The van der Waals surface area contributed by atoms with E-state index in [0.29, 0.717) is 11.2 Å². The zero-order chi connectivity index (χ0) is 14.0. The number of rotatable bonds is 3. The van der Waals surface area contributed by atoms with Gasteiger partial charge in [0, 0.05) is 31.2 Å². The lowest BCUT2D eigenvalue weighted by Crippen LogP contribution is -2.10. The molecule has 0 aliphatic rings. The van der Waals surface area contributed by atoms with Crippen molar-refractivity contribution >= 4 is 34.3 Å². The fraction of sp³-hybridized carbons (Fsp3) is 0.214. The Kier molecular flexibility index (Phi) is 4.02. The quantitative estimate of drug-likeness (QED) is 0.938. The third kappa shape index (κ3) is 2.85. The maximum absolute atomic E-state index is 13.5. The third-order valence-electron chi connectivity index (χ3n) is 2.72. The standard InChI is InChI=1S/C14H14ClFN2O/c1-18(2)14-6-9(4-3-5-19)17-13-8-12(16)11(15)7-10(13)14/h3-4,6-8,19H,5H2,1-2H3/b4-3+. The highest BCUT2D eigenvalue weighted by Gasteiger charge is 2.10. The first-order valence-electron chi connectivity index (χ1n) is 5.77. The van der Waals surface area contributed by atoms with Crippen LogP contribution in [0.2, 0.25) is 5.02 Å². The minimum atomic E-state index is -0.491. The molecule has 0 bridgehead atoms. The monoisotopic (exact) mass is 280 g/mol. The summed E-state index contributed by atoms with van der Waals surface area (Å²) in [7, 11) is 3.79. The van der Waals surface area contributed by atoms with Crippen LogP contribution in [0.5, 0.6) is 0 Å². The summed E-state index contributed by atoms with van der Waals surface area (Å²) in [5.41, 5.74) is 2.09. The number of aliphatic hydroxyl groups is 1. The molecule has 1 heterocycles. The van der Waals surface area contributed by atoms with Crippen LogP contribution in [0.4, 0.5) is 10.1 Å². The molecule has 1 aromatic carbocycles. The van der Waals surface area contributed by atoms with Crippen LogP contribution in [0.15, 0.2) is 24.3 Å². The Morgan fingerprint density at radius 1 is 1.37 bits per heavy atom. The molecule has 0 saturated heterocycles. The van der Waals surface area contributed by atoms with Crippen molar-refractivity contribution in [3.8, 4) is 0 Å². The summed E-state index contributed by atoms with van der Waals surface area (Å²) >= 11 is 5.82. The van der Waals surface area contributed by atoms with E-state index in [9.17, 15) is 4.39 Å². The summed E-state index contributed by atoms with van der Waals surface area (Å²) in [5.74, 6) is -0.491. The van der Waals surface area contributed by atoms with Crippen LogP contribution in [0.1, 0.15) is 5.69 Å². The first-order valence-corrected chi connectivity index (χ1v) is 6.15.